The van der Waals surface area contributed by atoms with Gasteiger partial charge in [0.25, 0.3) is 10.0 Å². The first-order valence-electron chi connectivity index (χ1n) is 8.97. The Kier molecular flexibility index (Phi) is 5.69. The fourth-order valence-corrected chi connectivity index (χ4v) is 4.18. The van der Waals surface area contributed by atoms with Crippen LogP contribution in [0.4, 0.5) is 11.4 Å². The molecule has 8 nitrogen and oxygen atoms in total. The van der Waals surface area contributed by atoms with Gasteiger partial charge in [0, 0.05) is 31.3 Å². The lowest BCUT2D eigenvalue weighted by Crippen LogP contribution is -2.29. The first-order chi connectivity index (χ1) is 13.7. The fourth-order valence-electron chi connectivity index (χ4n) is 3.19. The number of carbonyl (C=O) groups excluding carboxylic acids is 3. The minimum Gasteiger partial charge on any atom is -0.326 e. The Labute approximate surface area is 169 Å². The first kappa shape index (κ1) is 20.5. The highest BCUT2D eigenvalue weighted by Crippen LogP contribution is 2.28. The van der Waals surface area contributed by atoms with Crippen LogP contribution in [0.1, 0.15) is 18.9 Å². The Morgan fingerprint density at radius 1 is 1.07 bits per heavy atom. The monoisotopic (exact) mass is 415 g/mol. The zero-order chi connectivity index (χ0) is 21.2. The van der Waals surface area contributed by atoms with Crippen molar-refractivity contribution in [3.63, 3.8) is 0 Å². The Hall–Kier alpha value is -3.20. The second-order valence-corrected chi connectivity index (χ2v) is 8.55. The minimum absolute atomic E-state index is 0.0903. The second kappa shape index (κ2) is 8.04. The van der Waals surface area contributed by atoms with Gasteiger partial charge in [-0.15, -0.1) is 0 Å². The molecule has 2 N–H and O–H groups in total. The van der Waals surface area contributed by atoms with Crippen molar-refractivity contribution in [2.24, 2.45) is 5.92 Å². The maximum atomic E-state index is 12.6. The molecule has 3 rings (SSSR count). The van der Waals surface area contributed by atoms with E-state index in [1.807, 2.05) is 35.9 Å². The standard InChI is InChI=1S/C20H21N3O5S/c1-13-5-3-4-6-18(13)23-12-15(11-19(23)25)20(26)21-16-7-9-17(10-8-16)29(27,28)22-14(2)24/h3-10,15H,11-12H2,1-2H3,(H,21,26)(H,22,24). The zero-order valence-corrected chi connectivity index (χ0v) is 16.8. The maximum absolute atomic E-state index is 12.6. The van der Waals surface area contributed by atoms with Crippen LogP contribution in [0.3, 0.4) is 0 Å². The zero-order valence-electron chi connectivity index (χ0n) is 16.0. The molecule has 0 bridgehead atoms. The first-order valence-corrected chi connectivity index (χ1v) is 10.5. The molecule has 0 radical (unpaired) electrons. The van der Waals surface area contributed by atoms with Gasteiger partial charge in [-0.2, -0.15) is 0 Å². The number of nitrogens with zero attached hydrogens (tertiary/aromatic N) is 1. The lowest BCUT2D eigenvalue weighted by atomic mass is 10.1. The minimum atomic E-state index is -3.93. The number of para-hydroxylation sites is 1. The van der Waals surface area contributed by atoms with E-state index in [1.54, 1.807) is 4.90 Å². The average Bonchev–Trinajstić information content (AvgIpc) is 3.03. The van der Waals surface area contributed by atoms with E-state index in [0.29, 0.717) is 5.69 Å². The van der Waals surface area contributed by atoms with E-state index >= 15 is 0 Å². The number of benzene rings is 2. The van der Waals surface area contributed by atoms with Gasteiger partial charge >= 0.3 is 0 Å². The van der Waals surface area contributed by atoms with E-state index in [-0.39, 0.29) is 29.7 Å². The highest BCUT2D eigenvalue weighted by atomic mass is 32.2. The van der Waals surface area contributed by atoms with Crippen LogP contribution in [0.2, 0.25) is 0 Å². The summed E-state index contributed by atoms with van der Waals surface area (Å²) < 4.78 is 25.8. The number of aryl methyl sites for hydroxylation is 1. The topological polar surface area (TPSA) is 113 Å². The van der Waals surface area contributed by atoms with Crippen molar-refractivity contribution in [3.05, 3.63) is 54.1 Å². The van der Waals surface area contributed by atoms with Crippen LogP contribution in [-0.4, -0.2) is 32.7 Å². The molecule has 1 unspecified atom stereocenters. The van der Waals surface area contributed by atoms with Gasteiger partial charge in [0.2, 0.25) is 17.7 Å². The lowest BCUT2D eigenvalue weighted by molar-refractivity contribution is -0.122. The summed E-state index contributed by atoms with van der Waals surface area (Å²) in [6.07, 6.45) is 0.106. The summed E-state index contributed by atoms with van der Waals surface area (Å²) in [6, 6.07) is 12.9. The molecule has 29 heavy (non-hydrogen) atoms. The molecule has 1 saturated heterocycles. The average molecular weight is 415 g/mol. The van der Waals surface area contributed by atoms with E-state index < -0.39 is 21.8 Å². The van der Waals surface area contributed by atoms with Gasteiger partial charge in [-0.05, 0) is 42.8 Å². The van der Waals surface area contributed by atoms with Crippen molar-refractivity contribution in [1.29, 1.82) is 0 Å². The maximum Gasteiger partial charge on any atom is 0.264 e. The molecule has 1 heterocycles. The Morgan fingerprint density at radius 2 is 1.72 bits per heavy atom. The number of hydrogen-bond acceptors (Lipinski definition) is 5. The number of rotatable bonds is 5. The third kappa shape index (κ3) is 4.62. The molecule has 2 aromatic carbocycles. The van der Waals surface area contributed by atoms with Crippen LogP contribution in [-0.2, 0) is 24.4 Å². The van der Waals surface area contributed by atoms with Crippen LogP contribution in [0, 0.1) is 12.8 Å². The van der Waals surface area contributed by atoms with Gasteiger partial charge in [0.1, 0.15) is 0 Å². The molecule has 0 saturated carbocycles. The molecule has 0 aliphatic carbocycles. The van der Waals surface area contributed by atoms with Crippen LogP contribution in [0.5, 0.6) is 0 Å². The highest BCUT2D eigenvalue weighted by Gasteiger charge is 2.35. The van der Waals surface area contributed by atoms with Crippen LogP contribution >= 0.6 is 0 Å². The predicted octanol–water partition coefficient (Wildman–Crippen LogP) is 1.81. The lowest BCUT2D eigenvalue weighted by Gasteiger charge is -2.19. The SMILES string of the molecule is CC(=O)NS(=O)(=O)c1ccc(NC(=O)C2CC(=O)N(c3ccccc3C)C2)cc1. The van der Waals surface area contributed by atoms with Crippen LogP contribution < -0.4 is 14.9 Å². The van der Waals surface area contributed by atoms with Gasteiger partial charge in [-0.1, -0.05) is 18.2 Å². The van der Waals surface area contributed by atoms with E-state index in [9.17, 15) is 22.8 Å². The normalized spacial score (nSPS) is 16.6. The number of anilines is 2. The van der Waals surface area contributed by atoms with Crippen molar-refractivity contribution >= 4 is 39.1 Å². The summed E-state index contributed by atoms with van der Waals surface area (Å²) >= 11 is 0. The van der Waals surface area contributed by atoms with Gasteiger partial charge in [-0.3, -0.25) is 14.4 Å². The van der Waals surface area contributed by atoms with Crippen molar-refractivity contribution in [3.8, 4) is 0 Å². The van der Waals surface area contributed by atoms with Crippen molar-refractivity contribution in [1.82, 2.24) is 4.72 Å². The highest BCUT2D eigenvalue weighted by molar-refractivity contribution is 7.90. The molecular weight excluding hydrogens is 394 g/mol. The van der Waals surface area contributed by atoms with Gasteiger partial charge in [0.05, 0.1) is 10.8 Å². The molecule has 2 aromatic rings. The van der Waals surface area contributed by atoms with Crippen molar-refractivity contribution < 1.29 is 22.8 Å². The smallest absolute Gasteiger partial charge is 0.264 e. The number of carbonyl (C=O) groups is 3. The summed E-state index contributed by atoms with van der Waals surface area (Å²) in [5, 5.41) is 2.71. The number of hydrogen-bond donors (Lipinski definition) is 2. The summed E-state index contributed by atoms with van der Waals surface area (Å²) in [5.41, 5.74) is 2.15. The summed E-state index contributed by atoms with van der Waals surface area (Å²) in [6.45, 7) is 3.30. The summed E-state index contributed by atoms with van der Waals surface area (Å²) in [4.78, 5) is 37.5. The third-order valence-electron chi connectivity index (χ3n) is 4.61. The van der Waals surface area contributed by atoms with Crippen molar-refractivity contribution in [2.75, 3.05) is 16.8 Å². The fraction of sp³-hybridized carbons (Fsp3) is 0.250. The van der Waals surface area contributed by atoms with Crippen molar-refractivity contribution in [2.45, 2.75) is 25.2 Å². The van der Waals surface area contributed by atoms with Crippen LogP contribution in [0.15, 0.2) is 53.4 Å². The van der Waals surface area contributed by atoms with Crippen LogP contribution in [0.25, 0.3) is 0 Å². The number of amides is 3. The quantitative estimate of drug-likeness (QED) is 0.773. The van der Waals surface area contributed by atoms with Gasteiger partial charge in [-0.25, -0.2) is 13.1 Å². The molecule has 1 aliphatic rings. The number of sulfonamides is 1. The summed E-state index contributed by atoms with van der Waals surface area (Å²) in [7, 11) is -3.93. The van der Waals surface area contributed by atoms with E-state index in [0.717, 1.165) is 18.2 Å². The molecule has 152 valence electrons. The second-order valence-electron chi connectivity index (χ2n) is 6.87. The molecule has 1 aliphatic heterocycles. The number of nitrogens with one attached hydrogen (secondary N) is 2. The van der Waals surface area contributed by atoms with Gasteiger partial charge < -0.3 is 10.2 Å². The summed E-state index contributed by atoms with van der Waals surface area (Å²) in [5.74, 6) is -1.63. The molecule has 1 fully saturated rings. The van der Waals surface area contributed by atoms with Gasteiger partial charge in [0.15, 0.2) is 0 Å². The Bertz CT molecular complexity index is 1060. The predicted molar refractivity (Wildman–Crippen MR) is 108 cm³/mol. The molecule has 1 atom stereocenters. The van der Waals surface area contributed by atoms with E-state index in [4.69, 9.17) is 0 Å². The Morgan fingerprint density at radius 3 is 2.34 bits per heavy atom. The van der Waals surface area contributed by atoms with E-state index in [2.05, 4.69) is 5.32 Å². The molecular formula is C20H21N3O5S. The Balaban J connectivity index is 1.67. The molecule has 3 amide bonds. The molecule has 0 aromatic heterocycles. The van der Waals surface area contributed by atoms with E-state index in [1.165, 1.54) is 24.3 Å². The molecule has 0 spiro atoms. The third-order valence-corrected chi connectivity index (χ3v) is 6.06. The molecule has 9 heteroatoms. The largest absolute Gasteiger partial charge is 0.326 e.